The van der Waals surface area contributed by atoms with Gasteiger partial charge in [0, 0.05) is 19.2 Å². The van der Waals surface area contributed by atoms with Crippen molar-refractivity contribution in [2.24, 2.45) is 10.9 Å². The Balaban J connectivity index is 0.00000176. The molecule has 1 aromatic rings. The lowest BCUT2D eigenvalue weighted by atomic mass is 10.3. The van der Waals surface area contributed by atoms with E-state index in [1.165, 1.54) is 6.42 Å². The molecule has 2 aliphatic rings. The summed E-state index contributed by atoms with van der Waals surface area (Å²) >= 11 is 0. The summed E-state index contributed by atoms with van der Waals surface area (Å²) in [6, 6.07) is 6.15. The molecule has 1 fully saturated rings. The van der Waals surface area contributed by atoms with Gasteiger partial charge in [0.1, 0.15) is 12.4 Å². The van der Waals surface area contributed by atoms with Crippen LogP contribution in [0, 0.1) is 5.92 Å². The Bertz CT molecular complexity index is 539. The summed E-state index contributed by atoms with van der Waals surface area (Å²) in [4.78, 5) is 4.20. The quantitative estimate of drug-likeness (QED) is 0.331. The maximum absolute atomic E-state index is 5.69. The summed E-state index contributed by atoms with van der Waals surface area (Å²) in [5.41, 5.74) is 0. The molecule has 1 heterocycles. The summed E-state index contributed by atoms with van der Waals surface area (Å²) in [6.45, 7) is 3.76. The van der Waals surface area contributed by atoms with Gasteiger partial charge in [-0.05, 0) is 24.5 Å². The van der Waals surface area contributed by atoms with Crippen LogP contribution in [0.15, 0.2) is 23.2 Å². The van der Waals surface area contributed by atoms with Gasteiger partial charge in [-0.15, -0.1) is 24.0 Å². The highest BCUT2D eigenvalue weighted by Crippen LogP contribution is 2.35. The molecule has 0 radical (unpaired) electrons. The van der Waals surface area contributed by atoms with Gasteiger partial charge in [-0.1, -0.05) is 6.92 Å². The fourth-order valence-electron chi connectivity index (χ4n) is 2.20. The highest BCUT2D eigenvalue weighted by atomic mass is 127. The summed E-state index contributed by atoms with van der Waals surface area (Å²) in [5, 5.41) is 6.61. The van der Waals surface area contributed by atoms with Crippen molar-refractivity contribution in [1.29, 1.82) is 0 Å². The van der Waals surface area contributed by atoms with E-state index in [0.29, 0.717) is 19.2 Å². The third-order valence-corrected chi connectivity index (χ3v) is 3.66. The van der Waals surface area contributed by atoms with Crippen molar-refractivity contribution >= 4 is 29.9 Å². The van der Waals surface area contributed by atoms with Gasteiger partial charge in [-0.2, -0.15) is 0 Å². The minimum atomic E-state index is 0. The molecular formula is C15H22IN3O3. The van der Waals surface area contributed by atoms with Crippen molar-refractivity contribution in [3.05, 3.63) is 18.2 Å². The van der Waals surface area contributed by atoms with Crippen LogP contribution < -0.4 is 24.8 Å². The molecule has 0 aromatic heterocycles. The highest BCUT2D eigenvalue weighted by Gasteiger charge is 2.33. The molecule has 0 bridgehead atoms. The first-order valence-corrected chi connectivity index (χ1v) is 7.26. The third-order valence-electron chi connectivity index (χ3n) is 3.66. The van der Waals surface area contributed by atoms with Gasteiger partial charge in [-0.3, -0.25) is 4.99 Å². The van der Waals surface area contributed by atoms with Crippen LogP contribution in [-0.4, -0.2) is 39.0 Å². The van der Waals surface area contributed by atoms with Gasteiger partial charge >= 0.3 is 0 Å². The number of hydrogen-bond donors (Lipinski definition) is 2. The Morgan fingerprint density at radius 2 is 2.14 bits per heavy atom. The average Bonchev–Trinajstić information content (AvgIpc) is 3.00. The van der Waals surface area contributed by atoms with Crippen LogP contribution in [-0.2, 0) is 0 Å². The Labute approximate surface area is 147 Å². The minimum absolute atomic E-state index is 0. The fourth-order valence-corrected chi connectivity index (χ4v) is 2.20. The molecule has 0 amide bonds. The lowest BCUT2D eigenvalue weighted by Gasteiger charge is -2.12. The van der Waals surface area contributed by atoms with Gasteiger partial charge in [0.15, 0.2) is 17.5 Å². The molecule has 22 heavy (non-hydrogen) atoms. The van der Waals surface area contributed by atoms with E-state index in [9.17, 15) is 0 Å². The van der Waals surface area contributed by atoms with Crippen LogP contribution in [0.3, 0.4) is 0 Å². The maximum atomic E-state index is 5.69. The van der Waals surface area contributed by atoms with E-state index in [1.807, 2.05) is 18.2 Å². The van der Waals surface area contributed by atoms with Gasteiger partial charge in [0.25, 0.3) is 0 Å². The Hall–Kier alpha value is -1.38. The molecule has 2 atom stereocenters. The van der Waals surface area contributed by atoms with Crippen molar-refractivity contribution < 1.29 is 14.2 Å². The molecule has 122 valence electrons. The van der Waals surface area contributed by atoms with Crippen molar-refractivity contribution in [3.63, 3.8) is 0 Å². The number of hydrogen-bond acceptors (Lipinski definition) is 4. The van der Waals surface area contributed by atoms with Gasteiger partial charge < -0.3 is 24.8 Å². The molecule has 1 aliphatic carbocycles. The van der Waals surface area contributed by atoms with E-state index in [0.717, 1.165) is 29.1 Å². The van der Waals surface area contributed by atoms with E-state index < -0.39 is 0 Å². The molecule has 6 nitrogen and oxygen atoms in total. The summed E-state index contributed by atoms with van der Waals surface area (Å²) in [6.07, 6.45) is 1.22. The molecule has 1 aliphatic heterocycles. The molecule has 3 rings (SSSR count). The smallest absolute Gasteiger partial charge is 0.231 e. The number of halogens is 1. The van der Waals surface area contributed by atoms with Crippen molar-refractivity contribution in [2.75, 3.05) is 27.0 Å². The number of guanidine groups is 1. The SMILES string of the molecule is CN=C(NCCOc1ccc2c(c1)OCO2)NC1CC1C.I. The standard InChI is InChI=1S/C15H21N3O3.HI/c1-10-7-12(10)18-15(16-2)17-5-6-19-11-3-4-13-14(8-11)21-9-20-13;/h3-4,8,10,12H,5-7,9H2,1-2H3,(H2,16,17,18);1H. The van der Waals surface area contributed by atoms with Gasteiger partial charge in [-0.25, -0.2) is 0 Å². The van der Waals surface area contributed by atoms with E-state index in [2.05, 4.69) is 22.5 Å². The number of benzene rings is 1. The zero-order chi connectivity index (χ0) is 14.7. The summed E-state index contributed by atoms with van der Waals surface area (Å²) < 4.78 is 16.3. The first-order chi connectivity index (χ1) is 10.3. The van der Waals surface area contributed by atoms with Crippen molar-refractivity contribution in [1.82, 2.24) is 10.6 Å². The Kier molecular flexibility index (Phi) is 5.98. The Morgan fingerprint density at radius 1 is 1.36 bits per heavy atom. The number of ether oxygens (including phenoxy) is 3. The lowest BCUT2D eigenvalue weighted by molar-refractivity contribution is 0.173. The lowest BCUT2D eigenvalue weighted by Crippen LogP contribution is -2.40. The van der Waals surface area contributed by atoms with Crippen LogP contribution in [0.4, 0.5) is 0 Å². The zero-order valence-electron chi connectivity index (χ0n) is 12.8. The molecule has 7 heteroatoms. The monoisotopic (exact) mass is 419 g/mol. The molecule has 1 aromatic carbocycles. The van der Waals surface area contributed by atoms with E-state index in [1.54, 1.807) is 7.05 Å². The van der Waals surface area contributed by atoms with Crippen LogP contribution in [0.5, 0.6) is 17.2 Å². The van der Waals surface area contributed by atoms with Crippen LogP contribution >= 0.6 is 24.0 Å². The highest BCUT2D eigenvalue weighted by molar-refractivity contribution is 14.0. The fraction of sp³-hybridized carbons (Fsp3) is 0.533. The van der Waals surface area contributed by atoms with E-state index >= 15 is 0 Å². The second-order valence-corrected chi connectivity index (χ2v) is 5.33. The molecule has 0 spiro atoms. The van der Waals surface area contributed by atoms with Crippen molar-refractivity contribution in [3.8, 4) is 17.2 Å². The second kappa shape index (κ2) is 7.75. The molecule has 2 N–H and O–H groups in total. The summed E-state index contributed by atoms with van der Waals surface area (Å²) in [7, 11) is 1.78. The largest absolute Gasteiger partial charge is 0.492 e. The van der Waals surface area contributed by atoms with Gasteiger partial charge in [0.05, 0.1) is 6.54 Å². The maximum Gasteiger partial charge on any atom is 0.231 e. The molecular weight excluding hydrogens is 397 g/mol. The van der Waals surface area contributed by atoms with Crippen LogP contribution in [0.2, 0.25) is 0 Å². The predicted molar refractivity (Wildman–Crippen MR) is 95.5 cm³/mol. The first kappa shape index (κ1) is 17.0. The van der Waals surface area contributed by atoms with Crippen LogP contribution in [0.1, 0.15) is 13.3 Å². The second-order valence-electron chi connectivity index (χ2n) is 5.33. The van der Waals surface area contributed by atoms with Crippen molar-refractivity contribution in [2.45, 2.75) is 19.4 Å². The van der Waals surface area contributed by atoms with E-state index in [4.69, 9.17) is 14.2 Å². The third kappa shape index (κ3) is 4.31. The average molecular weight is 419 g/mol. The van der Waals surface area contributed by atoms with Crippen LogP contribution in [0.25, 0.3) is 0 Å². The topological polar surface area (TPSA) is 64.1 Å². The number of rotatable bonds is 5. The zero-order valence-corrected chi connectivity index (χ0v) is 15.1. The normalized spacial score (nSPS) is 21.8. The Morgan fingerprint density at radius 3 is 2.86 bits per heavy atom. The number of nitrogens with zero attached hydrogens (tertiary/aromatic N) is 1. The minimum Gasteiger partial charge on any atom is -0.492 e. The van der Waals surface area contributed by atoms with E-state index in [-0.39, 0.29) is 30.8 Å². The number of fused-ring (bicyclic) bond motifs is 1. The number of aliphatic imine (C=N–C) groups is 1. The molecule has 2 unspecified atom stereocenters. The molecule has 0 saturated heterocycles. The van der Waals surface area contributed by atoms with Gasteiger partial charge in [0.2, 0.25) is 6.79 Å². The predicted octanol–water partition coefficient (Wildman–Crippen LogP) is 1.99. The molecule has 1 saturated carbocycles. The first-order valence-electron chi connectivity index (χ1n) is 7.26. The summed E-state index contributed by atoms with van der Waals surface area (Å²) in [5.74, 6) is 3.86. The number of nitrogens with one attached hydrogen (secondary N) is 2.